The molecule has 4 heteroatoms. The van der Waals surface area contributed by atoms with Crippen LogP contribution in [-0.2, 0) is 0 Å². The van der Waals surface area contributed by atoms with E-state index in [9.17, 15) is 5.11 Å². The van der Waals surface area contributed by atoms with Crippen molar-refractivity contribution in [3.8, 4) is 0 Å². The van der Waals surface area contributed by atoms with E-state index >= 15 is 0 Å². The summed E-state index contributed by atoms with van der Waals surface area (Å²) in [5, 5.41) is 9.58. The number of hydrogen-bond acceptors (Lipinski definition) is 3. The molecule has 0 radical (unpaired) electrons. The summed E-state index contributed by atoms with van der Waals surface area (Å²) >= 11 is 3.60. The molecule has 1 N–H and O–H groups in total. The van der Waals surface area contributed by atoms with Gasteiger partial charge in [-0.15, -0.1) is 0 Å². The highest BCUT2D eigenvalue weighted by Gasteiger charge is 2.13. The van der Waals surface area contributed by atoms with Crippen LogP contribution in [0.4, 0.5) is 5.69 Å². The van der Waals surface area contributed by atoms with E-state index in [1.807, 2.05) is 12.1 Å². The Morgan fingerprint density at radius 2 is 2.05 bits per heavy atom. The zero-order chi connectivity index (χ0) is 13.8. The fourth-order valence-corrected chi connectivity index (χ4v) is 3.21. The summed E-state index contributed by atoms with van der Waals surface area (Å²) in [4.78, 5) is 4.79. The average Bonchev–Trinajstić information content (AvgIpc) is 2.88. The SMILES string of the molecule is CC(O)c1ccc(N(C)CCN2CCCC2)c(Br)c1. The Labute approximate surface area is 124 Å². The molecule has 0 bridgehead atoms. The summed E-state index contributed by atoms with van der Waals surface area (Å²) in [5.41, 5.74) is 2.13. The normalized spacial score (nSPS) is 17.7. The van der Waals surface area contributed by atoms with E-state index in [1.165, 1.54) is 31.6 Å². The lowest BCUT2D eigenvalue weighted by molar-refractivity contribution is 0.199. The first-order valence-corrected chi connectivity index (χ1v) is 7.78. The smallest absolute Gasteiger partial charge is 0.0762 e. The van der Waals surface area contributed by atoms with Crippen molar-refractivity contribution in [2.45, 2.75) is 25.9 Å². The van der Waals surface area contributed by atoms with Gasteiger partial charge in [0.1, 0.15) is 0 Å². The monoisotopic (exact) mass is 326 g/mol. The molecule has 1 aliphatic heterocycles. The van der Waals surface area contributed by atoms with Gasteiger partial charge in [0.2, 0.25) is 0 Å². The summed E-state index contributed by atoms with van der Waals surface area (Å²) < 4.78 is 1.05. The van der Waals surface area contributed by atoms with Gasteiger partial charge in [0.25, 0.3) is 0 Å². The lowest BCUT2D eigenvalue weighted by Crippen LogP contribution is -2.31. The van der Waals surface area contributed by atoms with Crippen molar-refractivity contribution in [2.24, 2.45) is 0 Å². The first-order valence-electron chi connectivity index (χ1n) is 6.99. The summed E-state index contributed by atoms with van der Waals surface area (Å²) in [5.74, 6) is 0. The highest BCUT2D eigenvalue weighted by atomic mass is 79.9. The van der Waals surface area contributed by atoms with Crippen LogP contribution < -0.4 is 4.90 Å². The molecule has 106 valence electrons. The molecular formula is C15H23BrN2O. The highest BCUT2D eigenvalue weighted by Crippen LogP contribution is 2.28. The van der Waals surface area contributed by atoms with Crippen LogP contribution in [0.3, 0.4) is 0 Å². The minimum absolute atomic E-state index is 0.416. The van der Waals surface area contributed by atoms with E-state index in [1.54, 1.807) is 6.92 Å². The van der Waals surface area contributed by atoms with E-state index in [0.717, 1.165) is 23.1 Å². The van der Waals surface area contributed by atoms with Gasteiger partial charge in [-0.3, -0.25) is 0 Å². The van der Waals surface area contributed by atoms with Crippen molar-refractivity contribution in [3.05, 3.63) is 28.2 Å². The number of benzene rings is 1. The van der Waals surface area contributed by atoms with Crippen LogP contribution in [0.1, 0.15) is 31.4 Å². The molecule has 1 unspecified atom stereocenters. The van der Waals surface area contributed by atoms with E-state index in [-0.39, 0.29) is 0 Å². The Morgan fingerprint density at radius 3 is 2.63 bits per heavy atom. The van der Waals surface area contributed by atoms with Crippen molar-refractivity contribution in [1.29, 1.82) is 0 Å². The number of hydrogen-bond donors (Lipinski definition) is 1. The van der Waals surface area contributed by atoms with Gasteiger partial charge in [-0.2, -0.15) is 0 Å². The highest BCUT2D eigenvalue weighted by molar-refractivity contribution is 9.10. The first-order chi connectivity index (χ1) is 9.08. The van der Waals surface area contributed by atoms with Gasteiger partial charge >= 0.3 is 0 Å². The fraction of sp³-hybridized carbons (Fsp3) is 0.600. The number of anilines is 1. The average molecular weight is 327 g/mol. The molecule has 0 amide bonds. The van der Waals surface area contributed by atoms with Crippen LogP contribution >= 0.6 is 15.9 Å². The maximum atomic E-state index is 9.58. The summed E-state index contributed by atoms with van der Waals surface area (Å²) in [6, 6.07) is 6.08. The van der Waals surface area contributed by atoms with Crippen LogP contribution in [0.25, 0.3) is 0 Å². The van der Waals surface area contributed by atoms with E-state index < -0.39 is 6.10 Å². The second-order valence-electron chi connectivity index (χ2n) is 5.36. The lowest BCUT2D eigenvalue weighted by Gasteiger charge is -2.24. The predicted molar refractivity (Wildman–Crippen MR) is 83.7 cm³/mol. The largest absolute Gasteiger partial charge is 0.389 e. The van der Waals surface area contributed by atoms with E-state index in [4.69, 9.17) is 0 Å². The quantitative estimate of drug-likeness (QED) is 0.900. The molecule has 19 heavy (non-hydrogen) atoms. The van der Waals surface area contributed by atoms with Gasteiger partial charge in [0, 0.05) is 24.6 Å². The lowest BCUT2D eigenvalue weighted by atomic mass is 10.1. The second kappa shape index (κ2) is 6.73. The van der Waals surface area contributed by atoms with Crippen LogP contribution in [0.2, 0.25) is 0 Å². The van der Waals surface area contributed by atoms with Crippen LogP contribution in [-0.4, -0.2) is 43.2 Å². The Bertz CT molecular complexity index is 417. The van der Waals surface area contributed by atoms with Gasteiger partial charge in [0.05, 0.1) is 11.8 Å². The summed E-state index contributed by atoms with van der Waals surface area (Å²) in [7, 11) is 2.12. The summed E-state index contributed by atoms with van der Waals surface area (Å²) in [6.45, 7) is 6.44. The number of nitrogens with zero attached hydrogens (tertiary/aromatic N) is 2. The molecule has 1 aromatic rings. The van der Waals surface area contributed by atoms with Crippen LogP contribution in [0, 0.1) is 0 Å². The fourth-order valence-electron chi connectivity index (χ4n) is 2.51. The Morgan fingerprint density at radius 1 is 1.37 bits per heavy atom. The third kappa shape index (κ3) is 3.94. The molecule has 0 aliphatic carbocycles. The third-order valence-electron chi connectivity index (χ3n) is 3.82. The molecule has 0 saturated carbocycles. The van der Waals surface area contributed by atoms with Crippen molar-refractivity contribution in [1.82, 2.24) is 4.90 Å². The van der Waals surface area contributed by atoms with Crippen LogP contribution in [0.15, 0.2) is 22.7 Å². The number of halogens is 1. The Kier molecular flexibility index (Phi) is 5.25. The maximum Gasteiger partial charge on any atom is 0.0762 e. The molecule has 0 spiro atoms. The van der Waals surface area contributed by atoms with Gasteiger partial charge in [-0.1, -0.05) is 6.07 Å². The predicted octanol–water partition coefficient (Wildman–Crippen LogP) is 3.03. The number of likely N-dealkylation sites (N-methyl/N-ethyl adjacent to an activating group) is 1. The van der Waals surface area contributed by atoms with Crippen molar-refractivity contribution >= 4 is 21.6 Å². The molecule has 1 atom stereocenters. The minimum atomic E-state index is -0.416. The minimum Gasteiger partial charge on any atom is -0.389 e. The molecule has 2 rings (SSSR count). The number of aliphatic hydroxyl groups is 1. The zero-order valence-corrected chi connectivity index (χ0v) is 13.4. The maximum absolute atomic E-state index is 9.58. The molecule has 1 aliphatic rings. The molecule has 1 aromatic carbocycles. The third-order valence-corrected chi connectivity index (χ3v) is 4.45. The zero-order valence-electron chi connectivity index (χ0n) is 11.8. The topological polar surface area (TPSA) is 26.7 Å². The second-order valence-corrected chi connectivity index (χ2v) is 6.21. The first kappa shape index (κ1) is 14.8. The van der Waals surface area contributed by atoms with Gasteiger partial charge < -0.3 is 14.9 Å². The van der Waals surface area contributed by atoms with Crippen molar-refractivity contribution in [2.75, 3.05) is 38.1 Å². The number of likely N-dealkylation sites (tertiary alicyclic amines) is 1. The molecule has 1 heterocycles. The van der Waals surface area contributed by atoms with E-state index in [2.05, 4.69) is 38.8 Å². The van der Waals surface area contributed by atoms with Crippen LogP contribution in [0.5, 0.6) is 0 Å². The Balaban J connectivity index is 1.96. The van der Waals surface area contributed by atoms with Crippen molar-refractivity contribution in [3.63, 3.8) is 0 Å². The van der Waals surface area contributed by atoms with Gasteiger partial charge in [-0.25, -0.2) is 0 Å². The number of aliphatic hydroxyl groups excluding tert-OH is 1. The molecule has 3 nitrogen and oxygen atoms in total. The standard InChI is InChI=1S/C15H23BrN2O/c1-12(19)13-5-6-15(14(16)11-13)17(2)9-10-18-7-3-4-8-18/h5-6,11-12,19H,3-4,7-10H2,1-2H3. The van der Waals surface area contributed by atoms with Gasteiger partial charge in [0.15, 0.2) is 0 Å². The molecule has 1 fully saturated rings. The van der Waals surface area contributed by atoms with Crippen molar-refractivity contribution < 1.29 is 5.11 Å². The molecule has 1 saturated heterocycles. The van der Waals surface area contributed by atoms with E-state index in [0.29, 0.717) is 0 Å². The molecular weight excluding hydrogens is 304 g/mol. The molecule has 0 aromatic heterocycles. The van der Waals surface area contributed by atoms with Gasteiger partial charge in [-0.05, 0) is 66.5 Å². The Hall–Kier alpha value is -0.580. The number of rotatable bonds is 5. The summed E-state index contributed by atoms with van der Waals surface area (Å²) in [6.07, 6.45) is 2.27.